The number of rotatable bonds is 5. The number of hydrogen-bond donors (Lipinski definition) is 1. The highest BCUT2D eigenvalue weighted by Gasteiger charge is 2.12. The molecule has 0 heterocycles. The first-order valence-electron chi connectivity index (χ1n) is 4.50. The Morgan fingerprint density at radius 3 is 2.00 bits per heavy atom. The van der Waals surface area contributed by atoms with E-state index in [4.69, 9.17) is 0 Å². The quantitative estimate of drug-likeness (QED) is 0.618. The molecule has 0 bridgehead atoms. The van der Waals surface area contributed by atoms with E-state index in [0.717, 1.165) is 13.0 Å². The lowest BCUT2D eigenvalue weighted by Crippen LogP contribution is -2.38. The lowest BCUT2D eigenvalue weighted by atomic mass is 10.2. The van der Waals surface area contributed by atoms with Crippen LogP contribution in [0.3, 0.4) is 0 Å². The third-order valence-electron chi connectivity index (χ3n) is 2.28. The molecule has 3 heteroatoms. The second kappa shape index (κ2) is 5.51. The fourth-order valence-electron chi connectivity index (χ4n) is 1.02. The lowest BCUT2D eigenvalue weighted by molar-refractivity contribution is 0.00966. The maximum absolute atomic E-state index is 9.27. The molecule has 0 aromatic rings. The molecule has 0 radical (unpaired) electrons. The van der Waals surface area contributed by atoms with E-state index in [-0.39, 0.29) is 6.23 Å². The second-order valence-corrected chi connectivity index (χ2v) is 3.74. The number of hydrogen-bond acceptors (Lipinski definition) is 3. The molecule has 3 nitrogen and oxygen atoms in total. The van der Waals surface area contributed by atoms with E-state index in [9.17, 15) is 5.11 Å². The van der Waals surface area contributed by atoms with Crippen molar-refractivity contribution in [2.24, 2.45) is 0 Å². The Bertz CT molecular complexity index is 115. The Morgan fingerprint density at radius 1 is 1.17 bits per heavy atom. The fraction of sp³-hybridized carbons (Fsp3) is 1.00. The summed E-state index contributed by atoms with van der Waals surface area (Å²) in [5.41, 5.74) is 0. The van der Waals surface area contributed by atoms with Crippen LogP contribution in [0.25, 0.3) is 0 Å². The molecule has 12 heavy (non-hydrogen) atoms. The normalized spacial score (nSPS) is 17.0. The Morgan fingerprint density at radius 2 is 1.67 bits per heavy atom. The third-order valence-corrected chi connectivity index (χ3v) is 2.28. The monoisotopic (exact) mass is 174 g/mol. The minimum absolute atomic E-state index is 0.345. The maximum Gasteiger partial charge on any atom is 0.104 e. The molecule has 0 saturated heterocycles. The van der Waals surface area contributed by atoms with E-state index >= 15 is 0 Å². The zero-order valence-electron chi connectivity index (χ0n) is 8.91. The van der Waals surface area contributed by atoms with Gasteiger partial charge in [-0.25, -0.2) is 0 Å². The van der Waals surface area contributed by atoms with Gasteiger partial charge >= 0.3 is 0 Å². The van der Waals surface area contributed by atoms with Crippen molar-refractivity contribution >= 4 is 0 Å². The Labute approximate surface area is 76.0 Å². The SMILES string of the molecule is CC(O)N(C)C(C)CCN(C)C. The van der Waals surface area contributed by atoms with Crippen LogP contribution in [0.1, 0.15) is 20.3 Å². The number of nitrogens with zero attached hydrogens (tertiary/aromatic N) is 2. The van der Waals surface area contributed by atoms with Gasteiger partial charge < -0.3 is 10.0 Å². The van der Waals surface area contributed by atoms with Crippen LogP contribution in [0, 0.1) is 0 Å². The first-order chi connectivity index (χ1) is 5.45. The Kier molecular flexibility index (Phi) is 5.46. The van der Waals surface area contributed by atoms with Gasteiger partial charge in [0.15, 0.2) is 0 Å². The summed E-state index contributed by atoms with van der Waals surface area (Å²) in [6.45, 7) is 5.00. The van der Waals surface area contributed by atoms with Crippen molar-refractivity contribution in [3.05, 3.63) is 0 Å². The molecule has 0 amide bonds. The van der Waals surface area contributed by atoms with Crippen molar-refractivity contribution in [3.8, 4) is 0 Å². The maximum atomic E-state index is 9.27. The Hall–Kier alpha value is -0.120. The highest BCUT2D eigenvalue weighted by atomic mass is 16.3. The van der Waals surface area contributed by atoms with Crippen LogP contribution < -0.4 is 0 Å². The van der Waals surface area contributed by atoms with Crippen LogP contribution in [0.5, 0.6) is 0 Å². The van der Waals surface area contributed by atoms with Crippen LogP contribution in [0.4, 0.5) is 0 Å². The molecule has 0 rings (SSSR count). The zero-order chi connectivity index (χ0) is 9.72. The summed E-state index contributed by atoms with van der Waals surface area (Å²) in [6, 6.07) is 0.437. The summed E-state index contributed by atoms with van der Waals surface area (Å²) in [4.78, 5) is 4.13. The van der Waals surface area contributed by atoms with Gasteiger partial charge in [-0.05, 0) is 48.0 Å². The number of aliphatic hydroxyl groups is 1. The highest BCUT2D eigenvalue weighted by molar-refractivity contribution is 4.64. The van der Waals surface area contributed by atoms with Gasteiger partial charge in [0.2, 0.25) is 0 Å². The van der Waals surface area contributed by atoms with E-state index < -0.39 is 0 Å². The van der Waals surface area contributed by atoms with E-state index in [2.05, 4.69) is 25.9 Å². The summed E-state index contributed by atoms with van der Waals surface area (Å²) < 4.78 is 0. The molecular weight excluding hydrogens is 152 g/mol. The molecule has 0 aliphatic heterocycles. The van der Waals surface area contributed by atoms with Crippen LogP contribution in [-0.2, 0) is 0 Å². The van der Waals surface area contributed by atoms with E-state index in [0.29, 0.717) is 6.04 Å². The largest absolute Gasteiger partial charge is 0.379 e. The van der Waals surface area contributed by atoms with Crippen molar-refractivity contribution in [2.75, 3.05) is 27.7 Å². The van der Waals surface area contributed by atoms with Crippen molar-refractivity contribution in [1.29, 1.82) is 0 Å². The summed E-state index contributed by atoms with van der Waals surface area (Å²) in [5.74, 6) is 0. The molecule has 0 aliphatic carbocycles. The van der Waals surface area contributed by atoms with Crippen LogP contribution in [-0.4, -0.2) is 54.9 Å². The average Bonchev–Trinajstić information content (AvgIpc) is 1.98. The van der Waals surface area contributed by atoms with Gasteiger partial charge in [0, 0.05) is 6.04 Å². The summed E-state index contributed by atoms with van der Waals surface area (Å²) in [6.07, 6.45) is 0.746. The smallest absolute Gasteiger partial charge is 0.104 e. The first-order valence-corrected chi connectivity index (χ1v) is 4.50. The van der Waals surface area contributed by atoms with Crippen molar-refractivity contribution in [2.45, 2.75) is 32.5 Å². The molecule has 0 aromatic carbocycles. The molecule has 0 aromatic heterocycles. The molecular formula is C9H22N2O. The molecule has 0 saturated carbocycles. The van der Waals surface area contributed by atoms with Gasteiger partial charge in [-0.3, -0.25) is 4.90 Å². The first kappa shape index (κ1) is 11.9. The summed E-state index contributed by atoms with van der Waals surface area (Å²) in [5, 5.41) is 9.27. The Balaban J connectivity index is 3.64. The van der Waals surface area contributed by atoms with E-state index in [1.54, 1.807) is 6.92 Å². The predicted octanol–water partition coefficient (Wildman–Crippen LogP) is 0.597. The molecule has 1 N–H and O–H groups in total. The molecule has 2 unspecified atom stereocenters. The standard InChI is InChI=1S/C9H22N2O/c1-8(6-7-10(3)4)11(5)9(2)12/h8-9,12H,6-7H2,1-5H3. The minimum atomic E-state index is -0.345. The van der Waals surface area contributed by atoms with Crippen LogP contribution >= 0.6 is 0 Å². The summed E-state index contributed by atoms with van der Waals surface area (Å²) >= 11 is 0. The lowest BCUT2D eigenvalue weighted by Gasteiger charge is -2.28. The molecule has 0 aliphatic rings. The molecule has 0 fully saturated rings. The van der Waals surface area contributed by atoms with Gasteiger partial charge in [0.05, 0.1) is 0 Å². The fourth-order valence-corrected chi connectivity index (χ4v) is 1.02. The average molecular weight is 174 g/mol. The second-order valence-electron chi connectivity index (χ2n) is 3.74. The topological polar surface area (TPSA) is 26.7 Å². The van der Waals surface area contributed by atoms with Crippen LogP contribution in [0.15, 0.2) is 0 Å². The van der Waals surface area contributed by atoms with Crippen molar-refractivity contribution in [3.63, 3.8) is 0 Å². The van der Waals surface area contributed by atoms with Crippen LogP contribution in [0.2, 0.25) is 0 Å². The molecule has 2 atom stereocenters. The van der Waals surface area contributed by atoms with Gasteiger partial charge in [0.1, 0.15) is 6.23 Å². The van der Waals surface area contributed by atoms with Gasteiger partial charge in [-0.2, -0.15) is 0 Å². The highest BCUT2D eigenvalue weighted by Crippen LogP contribution is 2.04. The van der Waals surface area contributed by atoms with Crippen molar-refractivity contribution in [1.82, 2.24) is 9.80 Å². The van der Waals surface area contributed by atoms with Gasteiger partial charge in [-0.1, -0.05) is 0 Å². The number of aliphatic hydroxyl groups excluding tert-OH is 1. The van der Waals surface area contributed by atoms with Crippen molar-refractivity contribution < 1.29 is 5.11 Å². The van der Waals surface area contributed by atoms with E-state index in [1.807, 2.05) is 11.9 Å². The third kappa shape index (κ3) is 4.70. The van der Waals surface area contributed by atoms with Gasteiger partial charge in [-0.15, -0.1) is 0 Å². The molecule has 0 spiro atoms. The predicted molar refractivity (Wildman–Crippen MR) is 52.1 cm³/mol. The molecule has 74 valence electrons. The van der Waals surface area contributed by atoms with Gasteiger partial charge in [0.25, 0.3) is 0 Å². The minimum Gasteiger partial charge on any atom is -0.379 e. The van der Waals surface area contributed by atoms with E-state index in [1.165, 1.54) is 0 Å². The summed E-state index contributed by atoms with van der Waals surface area (Å²) in [7, 11) is 6.08. The zero-order valence-corrected chi connectivity index (χ0v) is 8.91.